The Bertz CT molecular complexity index is 413. The lowest BCUT2D eigenvalue weighted by atomic mass is 10.0. The lowest BCUT2D eigenvalue weighted by Gasteiger charge is -2.26. The first-order valence-corrected chi connectivity index (χ1v) is 7.63. The first-order valence-electron chi connectivity index (χ1n) is 6.58. The monoisotopic (exact) mass is 306 g/mol. The second-order valence-corrected chi connectivity index (χ2v) is 6.22. The summed E-state index contributed by atoms with van der Waals surface area (Å²) < 4.78 is 39.9. The van der Waals surface area contributed by atoms with Gasteiger partial charge in [0.25, 0.3) is 0 Å². The largest absolute Gasteiger partial charge is 0.573 e. The molecule has 2 unspecified atom stereocenters. The van der Waals surface area contributed by atoms with Gasteiger partial charge in [0.15, 0.2) is 0 Å². The summed E-state index contributed by atoms with van der Waals surface area (Å²) in [6.07, 6.45) is -1.33. The number of aliphatic hydroxyl groups excluding tert-OH is 1. The van der Waals surface area contributed by atoms with E-state index in [4.69, 9.17) is 0 Å². The van der Waals surface area contributed by atoms with Crippen LogP contribution in [0.25, 0.3) is 0 Å². The number of hydrogen-bond donors (Lipinski definition) is 1. The summed E-state index contributed by atoms with van der Waals surface area (Å²) in [7, 11) is 0. The Labute approximate surface area is 120 Å². The van der Waals surface area contributed by atoms with Gasteiger partial charge >= 0.3 is 6.36 Å². The Morgan fingerprint density at radius 1 is 1.25 bits per heavy atom. The predicted molar refractivity (Wildman–Crippen MR) is 72.9 cm³/mol. The number of aliphatic hydroxyl groups is 1. The van der Waals surface area contributed by atoms with Crippen LogP contribution >= 0.6 is 11.8 Å². The van der Waals surface area contributed by atoms with Crippen LogP contribution in [-0.4, -0.2) is 28.6 Å². The van der Waals surface area contributed by atoms with Crippen molar-refractivity contribution in [3.05, 3.63) is 29.8 Å². The molecule has 1 aliphatic heterocycles. The number of ether oxygens (including phenoxy) is 1. The summed E-state index contributed by atoms with van der Waals surface area (Å²) in [4.78, 5) is 0. The molecule has 6 heteroatoms. The molecule has 0 amide bonds. The highest BCUT2D eigenvalue weighted by Crippen LogP contribution is 2.29. The molecule has 0 aromatic heterocycles. The number of hydrogen-bond acceptors (Lipinski definition) is 3. The van der Waals surface area contributed by atoms with E-state index >= 15 is 0 Å². The number of halogens is 3. The van der Waals surface area contributed by atoms with Gasteiger partial charge in [-0.25, -0.2) is 0 Å². The number of rotatable bonds is 4. The summed E-state index contributed by atoms with van der Waals surface area (Å²) >= 11 is 1.78. The van der Waals surface area contributed by atoms with E-state index in [1.807, 2.05) is 0 Å². The second kappa shape index (κ2) is 6.72. The lowest BCUT2D eigenvalue weighted by molar-refractivity contribution is -0.274. The fourth-order valence-electron chi connectivity index (χ4n) is 2.27. The molecule has 0 spiro atoms. The SMILES string of the molecule is OC(Cc1ccc(OC(F)(F)F)cc1)C1CCCCS1. The molecule has 112 valence electrons. The smallest absolute Gasteiger partial charge is 0.406 e. The van der Waals surface area contributed by atoms with E-state index in [9.17, 15) is 18.3 Å². The van der Waals surface area contributed by atoms with Crippen molar-refractivity contribution in [2.75, 3.05) is 5.75 Å². The molecule has 1 aromatic carbocycles. The fraction of sp³-hybridized carbons (Fsp3) is 0.571. The summed E-state index contributed by atoms with van der Waals surface area (Å²) in [6.45, 7) is 0. The molecule has 1 aliphatic rings. The molecule has 0 aliphatic carbocycles. The van der Waals surface area contributed by atoms with Crippen LogP contribution in [0.4, 0.5) is 13.2 Å². The molecule has 0 bridgehead atoms. The zero-order valence-electron chi connectivity index (χ0n) is 10.9. The summed E-state index contributed by atoms with van der Waals surface area (Å²) in [6, 6.07) is 5.70. The lowest BCUT2D eigenvalue weighted by Crippen LogP contribution is -2.27. The van der Waals surface area contributed by atoms with E-state index in [0.29, 0.717) is 6.42 Å². The van der Waals surface area contributed by atoms with Crippen LogP contribution in [0.1, 0.15) is 24.8 Å². The summed E-state index contributed by atoms with van der Waals surface area (Å²) in [5.74, 6) is 0.836. The van der Waals surface area contributed by atoms with Gasteiger partial charge in [0.2, 0.25) is 0 Å². The Balaban J connectivity index is 1.89. The number of thioether (sulfide) groups is 1. The van der Waals surface area contributed by atoms with Crippen LogP contribution in [0.5, 0.6) is 5.75 Å². The van der Waals surface area contributed by atoms with Crippen LogP contribution in [-0.2, 0) is 6.42 Å². The number of benzene rings is 1. The van der Waals surface area contributed by atoms with Gasteiger partial charge < -0.3 is 9.84 Å². The number of alkyl halides is 3. The molecule has 1 saturated heterocycles. The van der Waals surface area contributed by atoms with Gasteiger partial charge in [0, 0.05) is 5.25 Å². The van der Waals surface area contributed by atoms with Crippen LogP contribution in [0.15, 0.2) is 24.3 Å². The summed E-state index contributed by atoms with van der Waals surface area (Å²) in [5, 5.41) is 10.4. The van der Waals surface area contributed by atoms with Crippen molar-refractivity contribution in [3.63, 3.8) is 0 Å². The fourth-order valence-corrected chi connectivity index (χ4v) is 3.59. The van der Waals surface area contributed by atoms with Gasteiger partial charge in [-0.2, -0.15) is 11.8 Å². The first kappa shape index (κ1) is 15.5. The zero-order valence-corrected chi connectivity index (χ0v) is 11.7. The van der Waals surface area contributed by atoms with E-state index in [1.54, 1.807) is 23.9 Å². The molecule has 1 heterocycles. The van der Waals surface area contributed by atoms with E-state index < -0.39 is 12.5 Å². The van der Waals surface area contributed by atoms with Crippen LogP contribution in [0, 0.1) is 0 Å². The Morgan fingerprint density at radius 3 is 2.50 bits per heavy atom. The Kier molecular flexibility index (Phi) is 5.21. The molecular formula is C14H17F3O2S. The maximum absolute atomic E-state index is 12.0. The van der Waals surface area contributed by atoms with Crippen molar-refractivity contribution in [1.29, 1.82) is 0 Å². The molecule has 1 aromatic rings. The average molecular weight is 306 g/mol. The highest BCUT2D eigenvalue weighted by atomic mass is 32.2. The summed E-state index contributed by atoms with van der Waals surface area (Å²) in [5.41, 5.74) is 0.818. The molecule has 1 fully saturated rings. The van der Waals surface area contributed by atoms with E-state index in [2.05, 4.69) is 4.74 Å². The molecule has 2 atom stereocenters. The van der Waals surface area contributed by atoms with Crippen molar-refractivity contribution in [3.8, 4) is 5.75 Å². The minimum atomic E-state index is -4.67. The quantitative estimate of drug-likeness (QED) is 0.918. The Morgan fingerprint density at radius 2 is 1.95 bits per heavy atom. The van der Waals surface area contributed by atoms with Gasteiger partial charge in [0.05, 0.1) is 6.10 Å². The van der Waals surface area contributed by atoms with Crippen molar-refractivity contribution in [1.82, 2.24) is 0 Å². The zero-order chi connectivity index (χ0) is 14.6. The third-order valence-corrected chi connectivity index (χ3v) is 4.75. The van der Waals surface area contributed by atoms with Gasteiger partial charge in [-0.3, -0.25) is 0 Å². The molecule has 1 N–H and O–H groups in total. The third-order valence-electron chi connectivity index (χ3n) is 3.25. The molecule has 0 radical (unpaired) electrons. The molecule has 0 saturated carbocycles. The van der Waals surface area contributed by atoms with E-state index in [0.717, 1.165) is 24.2 Å². The Hall–Kier alpha value is -0.880. The van der Waals surface area contributed by atoms with Gasteiger partial charge in [-0.05, 0) is 42.7 Å². The first-order chi connectivity index (χ1) is 9.44. The van der Waals surface area contributed by atoms with Gasteiger partial charge in [-0.1, -0.05) is 18.6 Å². The second-order valence-electron chi connectivity index (χ2n) is 4.87. The average Bonchev–Trinajstić information content (AvgIpc) is 2.40. The van der Waals surface area contributed by atoms with Crippen LogP contribution in [0.2, 0.25) is 0 Å². The highest BCUT2D eigenvalue weighted by Gasteiger charge is 2.31. The van der Waals surface area contributed by atoms with E-state index in [-0.39, 0.29) is 11.0 Å². The predicted octanol–water partition coefficient (Wildman–Crippen LogP) is 3.77. The maximum atomic E-state index is 12.0. The van der Waals surface area contributed by atoms with Crippen molar-refractivity contribution >= 4 is 11.8 Å². The van der Waals surface area contributed by atoms with Crippen LogP contribution in [0.3, 0.4) is 0 Å². The molecular weight excluding hydrogens is 289 g/mol. The molecule has 2 rings (SSSR count). The topological polar surface area (TPSA) is 29.5 Å². The van der Waals surface area contributed by atoms with Gasteiger partial charge in [-0.15, -0.1) is 13.2 Å². The van der Waals surface area contributed by atoms with Gasteiger partial charge in [0.1, 0.15) is 5.75 Å². The minimum absolute atomic E-state index is 0.231. The van der Waals surface area contributed by atoms with Crippen molar-refractivity contribution < 1.29 is 23.0 Å². The van der Waals surface area contributed by atoms with Crippen molar-refractivity contribution in [2.45, 2.75) is 43.4 Å². The maximum Gasteiger partial charge on any atom is 0.573 e. The minimum Gasteiger partial charge on any atom is -0.406 e. The standard InChI is InChI=1S/C14H17F3O2S/c15-14(16,17)19-11-6-4-10(5-7-11)9-12(18)13-3-1-2-8-20-13/h4-7,12-13,18H,1-3,8-9H2. The molecule has 2 nitrogen and oxygen atoms in total. The highest BCUT2D eigenvalue weighted by molar-refractivity contribution is 8.00. The third kappa shape index (κ3) is 4.90. The molecule has 20 heavy (non-hydrogen) atoms. The normalized spacial score (nSPS) is 21.5. The van der Waals surface area contributed by atoms with E-state index in [1.165, 1.54) is 18.6 Å². The van der Waals surface area contributed by atoms with Crippen LogP contribution < -0.4 is 4.74 Å². The van der Waals surface area contributed by atoms with Crippen molar-refractivity contribution in [2.24, 2.45) is 0 Å².